The average molecular weight is 247 g/mol. The monoisotopic (exact) mass is 247 g/mol. The van der Waals surface area contributed by atoms with Crippen LogP contribution in [0.1, 0.15) is 68.8 Å². The summed E-state index contributed by atoms with van der Waals surface area (Å²) in [6, 6.07) is 2.12. The number of likely N-dealkylation sites (N-methyl/N-ethyl adjacent to an activating group) is 1. The maximum Gasteiger partial charge on any atom is 0.132 e. The highest BCUT2D eigenvalue weighted by Crippen LogP contribution is 2.31. The molecule has 2 rings (SSSR count). The fourth-order valence-electron chi connectivity index (χ4n) is 2.88. The van der Waals surface area contributed by atoms with E-state index in [1.807, 2.05) is 13.2 Å². The first-order valence-corrected chi connectivity index (χ1v) is 7.32. The number of nitrogens with zero attached hydrogens (tertiary/aromatic N) is 2. The molecule has 3 nitrogen and oxygen atoms in total. The van der Waals surface area contributed by atoms with Crippen LogP contribution in [0.5, 0.6) is 0 Å². The Morgan fingerprint density at radius 2 is 2.11 bits per heavy atom. The van der Waals surface area contributed by atoms with Gasteiger partial charge in [-0.1, -0.05) is 26.2 Å². The van der Waals surface area contributed by atoms with Crippen LogP contribution >= 0.6 is 0 Å². The Morgan fingerprint density at radius 1 is 1.33 bits per heavy atom. The smallest absolute Gasteiger partial charge is 0.132 e. The summed E-state index contributed by atoms with van der Waals surface area (Å²) in [5, 5.41) is 3.24. The van der Waals surface area contributed by atoms with Crippen molar-refractivity contribution in [2.24, 2.45) is 0 Å². The minimum Gasteiger partial charge on any atom is -0.319 e. The quantitative estimate of drug-likeness (QED) is 0.868. The molecule has 1 heterocycles. The van der Waals surface area contributed by atoms with Gasteiger partial charge in [-0.2, -0.15) is 0 Å². The standard InChI is InChI=1S/C15H25N3/c1-3-12(11-16-2)15-17-10-9-14(18-15)13-7-5-4-6-8-13/h9-10,12-13,16H,3-8,11H2,1-2H3. The molecule has 0 radical (unpaired) electrons. The Bertz CT molecular complexity index is 339. The van der Waals surface area contributed by atoms with E-state index in [2.05, 4.69) is 23.3 Å². The van der Waals surface area contributed by atoms with Gasteiger partial charge in [0.1, 0.15) is 5.82 Å². The molecule has 1 fully saturated rings. The van der Waals surface area contributed by atoms with Crippen molar-refractivity contribution in [2.75, 3.05) is 13.6 Å². The second kappa shape index (κ2) is 6.83. The Labute approximate surface area is 110 Å². The van der Waals surface area contributed by atoms with Crippen LogP contribution in [0.15, 0.2) is 12.3 Å². The molecule has 0 saturated heterocycles. The predicted octanol–water partition coefficient (Wildman–Crippen LogP) is 3.24. The fourth-order valence-corrected chi connectivity index (χ4v) is 2.88. The molecule has 0 bridgehead atoms. The van der Waals surface area contributed by atoms with E-state index in [0.29, 0.717) is 11.8 Å². The van der Waals surface area contributed by atoms with E-state index >= 15 is 0 Å². The largest absolute Gasteiger partial charge is 0.319 e. The molecular formula is C15H25N3. The lowest BCUT2D eigenvalue weighted by atomic mass is 9.87. The van der Waals surface area contributed by atoms with Crippen LogP contribution in [-0.4, -0.2) is 23.6 Å². The summed E-state index contributed by atoms with van der Waals surface area (Å²) in [5.74, 6) is 2.14. The molecule has 0 amide bonds. The number of rotatable bonds is 5. The molecule has 1 N–H and O–H groups in total. The summed E-state index contributed by atoms with van der Waals surface area (Å²) < 4.78 is 0. The molecule has 1 atom stereocenters. The Morgan fingerprint density at radius 3 is 2.78 bits per heavy atom. The van der Waals surface area contributed by atoms with Crippen LogP contribution in [-0.2, 0) is 0 Å². The molecule has 1 aromatic rings. The van der Waals surface area contributed by atoms with E-state index in [1.54, 1.807) is 0 Å². The predicted molar refractivity (Wildman–Crippen MR) is 74.8 cm³/mol. The third-order valence-corrected chi connectivity index (χ3v) is 4.03. The lowest BCUT2D eigenvalue weighted by Gasteiger charge is -2.22. The van der Waals surface area contributed by atoms with Crippen LogP contribution in [0.25, 0.3) is 0 Å². The van der Waals surface area contributed by atoms with Crippen LogP contribution in [0, 0.1) is 0 Å². The van der Waals surface area contributed by atoms with Crippen molar-refractivity contribution in [2.45, 2.75) is 57.3 Å². The molecule has 0 spiro atoms. The van der Waals surface area contributed by atoms with Crippen LogP contribution in [0.2, 0.25) is 0 Å². The molecular weight excluding hydrogens is 222 g/mol. The molecule has 0 aliphatic heterocycles. The van der Waals surface area contributed by atoms with Gasteiger partial charge in [-0.15, -0.1) is 0 Å². The molecule has 1 aliphatic carbocycles. The zero-order valence-corrected chi connectivity index (χ0v) is 11.7. The maximum absolute atomic E-state index is 4.84. The van der Waals surface area contributed by atoms with E-state index in [0.717, 1.165) is 18.8 Å². The zero-order chi connectivity index (χ0) is 12.8. The van der Waals surface area contributed by atoms with Crippen molar-refractivity contribution >= 4 is 0 Å². The van der Waals surface area contributed by atoms with Crippen LogP contribution in [0.3, 0.4) is 0 Å². The van der Waals surface area contributed by atoms with Gasteiger partial charge in [0, 0.05) is 30.3 Å². The van der Waals surface area contributed by atoms with Gasteiger partial charge < -0.3 is 5.32 Å². The SMILES string of the molecule is CCC(CNC)c1nccc(C2CCCCC2)n1. The first kappa shape index (κ1) is 13.5. The van der Waals surface area contributed by atoms with Crippen LogP contribution in [0.4, 0.5) is 0 Å². The number of nitrogens with one attached hydrogen (secondary N) is 1. The summed E-state index contributed by atoms with van der Waals surface area (Å²) in [4.78, 5) is 9.31. The molecule has 1 unspecified atom stereocenters. The molecule has 1 aliphatic rings. The van der Waals surface area contributed by atoms with Gasteiger partial charge in [0.05, 0.1) is 0 Å². The van der Waals surface area contributed by atoms with Gasteiger partial charge in [-0.3, -0.25) is 0 Å². The second-order valence-electron chi connectivity index (χ2n) is 5.34. The first-order chi connectivity index (χ1) is 8.85. The third-order valence-electron chi connectivity index (χ3n) is 4.03. The van der Waals surface area contributed by atoms with Crippen molar-refractivity contribution in [3.05, 3.63) is 23.8 Å². The van der Waals surface area contributed by atoms with Crippen molar-refractivity contribution in [1.82, 2.24) is 15.3 Å². The third kappa shape index (κ3) is 3.29. The molecule has 1 saturated carbocycles. The fraction of sp³-hybridized carbons (Fsp3) is 0.733. The van der Waals surface area contributed by atoms with Gasteiger partial charge in [-0.05, 0) is 32.4 Å². The van der Waals surface area contributed by atoms with E-state index in [1.165, 1.54) is 37.8 Å². The van der Waals surface area contributed by atoms with Crippen LogP contribution < -0.4 is 5.32 Å². The number of aromatic nitrogens is 2. The topological polar surface area (TPSA) is 37.8 Å². The zero-order valence-electron chi connectivity index (χ0n) is 11.7. The highest BCUT2D eigenvalue weighted by Gasteiger charge is 2.19. The van der Waals surface area contributed by atoms with Gasteiger partial charge >= 0.3 is 0 Å². The second-order valence-corrected chi connectivity index (χ2v) is 5.34. The lowest BCUT2D eigenvalue weighted by molar-refractivity contribution is 0.433. The van der Waals surface area contributed by atoms with Gasteiger partial charge in [0.2, 0.25) is 0 Å². The molecule has 0 aromatic carbocycles. The number of hydrogen-bond donors (Lipinski definition) is 1. The maximum atomic E-state index is 4.84. The van der Waals surface area contributed by atoms with E-state index in [-0.39, 0.29) is 0 Å². The Kier molecular flexibility index (Phi) is 5.12. The summed E-state index contributed by atoms with van der Waals surface area (Å²) >= 11 is 0. The Hall–Kier alpha value is -0.960. The highest BCUT2D eigenvalue weighted by atomic mass is 14.9. The van der Waals surface area contributed by atoms with Crippen molar-refractivity contribution in [1.29, 1.82) is 0 Å². The first-order valence-electron chi connectivity index (χ1n) is 7.32. The van der Waals surface area contributed by atoms with Crippen molar-refractivity contribution in [3.63, 3.8) is 0 Å². The average Bonchev–Trinajstić information content (AvgIpc) is 2.46. The van der Waals surface area contributed by atoms with Gasteiger partial charge in [0.15, 0.2) is 0 Å². The normalized spacial score (nSPS) is 18.8. The van der Waals surface area contributed by atoms with E-state index in [9.17, 15) is 0 Å². The Balaban J connectivity index is 2.12. The lowest BCUT2D eigenvalue weighted by Crippen LogP contribution is -2.19. The van der Waals surface area contributed by atoms with Gasteiger partial charge in [-0.25, -0.2) is 9.97 Å². The summed E-state index contributed by atoms with van der Waals surface area (Å²) in [5.41, 5.74) is 1.27. The van der Waals surface area contributed by atoms with Crippen molar-refractivity contribution < 1.29 is 0 Å². The summed E-state index contributed by atoms with van der Waals surface area (Å²) in [6.07, 6.45) is 9.76. The van der Waals surface area contributed by atoms with Crippen molar-refractivity contribution in [3.8, 4) is 0 Å². The minimum absolute atomic E-state index is 0.443. The molecule has 1 aromatic heterocycles. The minimum atomic E-state index is 0.443. The molecule has 18 heavy (non-hydrogen) atoms. The highest BCUT2D eigenvalue weighted by molar-refractivity contribution is 5.11. The molecule has 100 valence electrons. The van der Waals surface area contributed by atoms with E-state index < -0.39 is 0 Å². The number of hydrogen-bond acceptors (Lipinski definition) is 3. The van der Waals surface area contributed by atoms with Gasteiger partial charge in [0.25, 0.3) is 0 Å². The summed E-state index contributed by atoms with van der Waals surface area (Å²) in [7, 11) is 1.99. The summed E-state index contributed by atoms with van der Waals surface area (Å²) in [6.45, 7) is 3.17. The molecule has 3 heteroatoms. The van der Waals surface area contributed by atoms with E-state index in [4.69, 9.17) is 4.98 Å².